The van der Waals surface area contributed by atoms with Crippen molar-refractivity contribution in [2.24, 2.45) is 5.11 Å². The number of rotatable bonds is 10. The summed E-state index contributed by atoms with van der Waals surface area (Å²) in [6.45, 7) is 14.6. The van der Waals surface area contributed by atoms with Gasteiger partial charge in [-0.25, -0.2) is 0 Å². The predicted octanol–water partition coefficient (Wildman–Crippen LogP) is 5.36. The molecule has 0 saturated heterocycles. The molecule has 4 heteroatoms. The summed E-state index contributed by atoms with van der Waals surface area (Å²) in [7, 11) is 0. The molecule has 0 unspecified atom stereocenters. The molecular formula is C24H35N2O2+. The Balaban J connectivity index is 2.09. The molecule has 0 aliphatic carbocycles. The Morgan fingerprint density at radius 1 is 0.821 bits per heavy atom. The van der Waals surface area contributed by atoms with Crippen LogP contribution in [0.2, 0.25) is 0 Å². The van der Waals surface area contributed by atoms with E-state index in [2.05, 4.69) is 64.9 Å². The van der Waals surface area contributed by atoms with Gasteiger partial charge in [0.2, 0.25) is 0 Å². The molecule has 0 saturated carbocycles. The lowest BCUT2D eigenvalue weighted by Crippen LogP contribution is -2.22. The molecule has 0 bridgehead atoms. The van der Waals surface area contributed by atoms with Gasteiger partial charge < -0.3 is 9.47 Å². The van der Waals surface area contributed by atoms with Crippen LogP contribution in [0.5, 0.6) is 11.5 Å². The van der Waals surface area contributed by atoms with E-state index in [9.17, 15) is 0 Å². The van der Waals surface area contributed by atoms with E-state index in [-0.39, 0.29) is 10.8 Å². The van der Waals surface area contributed by atoms with Crippen LogP contribution in [0.1, 0.15) is 65.5 Å². The van der Waals surface area contributed by atoms with E-state index in [0.717, 1.165) is 30.0 Å². The van der Waals surface area contributed by atoms with Gasteiger partial charge in [0.05, 0.1) is 0 Å². The molecule has 4 nitrogen and oxygen atoms in total. The van der Waals surface area contributed by atoms with Gasteiger partial charge in [0.1, 0.15) is 30.4 Å². The summed E-state index contributed by atoms with van der Waals surface area (Å²) in [5.41, 5.74) is 8.82. The number of hydrogen-bond acceptors (Lipinski definition) is 3. The summed E-state index contributed by atoms with van der Waals surface area (Å²) < 4.78 is 11.9. The molecule has 0 spiro atoms. The molecule has 0 amide bonds. The average molecular weight is 384 g/mol. The molecule has 0 aliphatic heterocycles. The van der Waals surface area contributed by atoms with E-state index in [1.165, 1.54) is 11.1 Å². The fraction of sp³-hybridized carbons (Fsp3) is 0.500. The van der Waals surface area contributed by atoms with Gasteiger partial charge in [0, 0.05) is 5.56 Å². The molecule has 152 valence electrons. The zero-order chi connectivity index (χ0) is 20.8. The van der Waals surface area contributed by atoms with Crippen LogP contribution in [0.4, 0.5) is 5.69 Å². The average Bonchev–Trinajstić information content (AvgIpc) is 2.71. The van der Waals surface area contributed by atoms with Gasteiger partial charge in [-0.2, -0.15) is 5.53 Å². The number of benzene rings is 2. The Labute approximate surface area is 169 Å². The van der Waals surface area contributed by atoms with Crippen LogP contribution in [0.3, 0.4) is 0 Å². The second-order valence-corrected chi connectivity index (χ2v) is 8.51. The minimum atomic E-state index is 0.0532. The monoisotopic (exact) mass is 383 g/mol. The number of hydrogen-bond donors (Lipinski definition) is 1. The molecule has 28 heavy (non-hydrogen) atoms. The molecule has 0 radical (unpaired) electrons. The van der Waals surface area contributed by atoms with E-state index in [0.29, 0.717) is 13.2 Å². The molecule has 0 fully saturated rings. The van der Waals surface area contributed by atoms with Gasteiger partial charge in [-0.05, 0) is 64.7 Å². The summed E-state index contributed by atoms with van der Waals surface area (Å²) in [6.07, 6.45) is 2.15. The highest BCUT2D eigenvalue weighted by atomic mass is 16.5. The largest absolute Gasteiger partial charge is 0.490 e. The third-order valence-electron chi connectivity index (χ3n) is 5.85. The summed E-state index contributed by atoms with van der Waals surface area (Å²) >= 11 is 0. The van der Waals surface area contributed by atoms with Gasteiger partial charge in [-0.1, -0.05) is 53.7 Å². The molecule has 2 N–H and O–H groups in total. The van der Waals surface area contributed by atoms with Crippen LogP contribution in [-0.4, -0.2) is 13.2 Å². The maximum Gasteiger partial charge on any atom is 0.130 e. The normalized spacial score (nSPS) is 11.9. The number of nitrogens with two attached hydrogens (primary N) is 1. The van der Waals surface area contributed by atoms with Crippen LogP contribution < -0.4 is 15.0 Å². The fourth-order valence-corrected chi connectivity index (χ4v) is 2.94. The topological polar surface area (TPSA) is 56.4 Å². The maximum absolute atomic E-state index is 6.13. The van der Waals surface area contributed by atoms with Crippen molar-refractivity contribution in [2.75, 3.05) is 13.2 Å². The van der Waals surface area contributed by atoms with Gasteiger partial charge in [0.25, 0.3) is 0 Å². The Hall–Kier alpha value is -2.36. The van der Waals surface area contributed by atoms with Crippen molar-refractivity contribution in [3.05, 3.63) is 53.6 Å². The minimum Gasteiger partial charge on any atom is -0.490 e. The lowest BCUT2D eigenvalue weighted by atomic mass is 9.76. The van der Waals surface area contributed by atoms with Crippen LogP contribution >= 0.6 is 0 Å². The van der Waals surface area contributed by atoms with Gasteiger partial charge >= 0.3 is 0 Å². The van der Waals surface area contributed by atoms with E-state index in [1.54, 1.807) is 0 Å². The molecular weight excluding hydrogens is 348 g/mol. The molecule has 2 aromatic carbocycles. The van der Waals surface area contributed by atoms with E-state index in [1.807, 2.05) is 24.3 Å². The molecule has 0 heterocycles. The summed E-state index contributed by atoms with van der Waals surface area (Å²) in [5.74, 6) is 1.73. The Bertz CT molecular complexity index is 780. The molecule has 2 aromatic rings. The van der Waals surface area contributed by atoms with Crippen molar-refractivity contribution >= 4 is 5.69 Å². The second-order valence-electron chi connectivity index (χ2n) is 8.51. The van der Waals surface area contributed by atoms with E-state index < -0.39 is 0 Å². The smallest absolute Gasteiger partial charge is 0.130 e. The van der Waals surface area contributed by atoms with Gasteiger partial charge in [-0.3, -0.25) is 0 Å². The van der Waals surface area contributed by atoms with Crippen molar-refractivity contribution < 1.29 is 15.0 Å². The fourth-order valence-electron chi connectivity index (χ4n) is 2.94. The lowest BCUT2D eigenvalue weighted by Gasteiger charge is -2.30. The Morgan fingerprint density at radius 2 is 1.43 bits per heavy atom. The van der Waals surface area contributed by atoms with Crippen molar-refractivity contribution in [1.29, 1.82) is 0 Å². The first-order valence-electron chi connectivity index (χ1n) is 10.1. The highest BCUT2D eigenvalue weighted by Crippen LogP contribution is 2.38. The number of nitrogens with zero attached hydrogens (tertiary/aromatic N) is 1. The maximum atomic E-state index is 6.13. The van der Waals surface area contributed by atoms with Crippen molar-refractivity contribution in [3.63, 3.8) is 0 Å². The predicted molar refractivity (Wildman–Crippen MR) is 115 cm³/mol. The first kappa shape index (κ1) is 21.9. The first-order chi connectivity index (χ1) is 13.2. The SMILES string of the molecule is CCC(C)(C)c1ccc(OCCOc2ccc(N=[NH2+])cc2)c(C(C)(C)CC)c1. The summed E-state index contributed by atoms with van der Waals surface area (Å²) in [5, 5.41) is 3.64. The quantitative estimate of drug-likeness (QED) is 0.443. The van der Waals surface area contributed by atoms with Crippen LogP contribution in [0.25, 0.3) is 0 Å². The first-order valence-corrected chi connectivity index (χ1v) is 10.1. The molecule has 0 aliphatic rings. The van der Waals surface area contributed by atoms with Gasteiger partial charge in [-0.15, -0.1) is 0 Å². The van der Waals surface area contributed by atoms with Crippen molar-refractivity contribution in [1.82, 2.24) is 0 Å². The van der Waals surface area contributed by atoms with Crippen LogP contribution in [0.15, 0.2) is 47.6 Å². The third-order valence-corrected chi connectivity index (χ3v) is 5.85. The Morgan fingerprint density at radius 3 is 2.00 bits per heavy atom. The molecule has 0 atom stereocenters. The van der Waals surface area contributed by atoms with Gasteiger partial charge in [0.15, 0.2) is 0 Å². The second kappa shape index (κ2) is 9.22. The lowest BCUT2D eigenvalue weighted by molar-refractivity contribution is -0.210. The zero-order valence-corrected chi connectivity index (χ0v) is 18.2. The highest BCUT2D eigenvalue weighted by Gasteiger charge is 2.26. The summed E-state index contributed by atoms with van der Waals surface area (Å²) in [4.78, 5) is 0. The zero-order valence-electron chi connectivity index (χ0n) is 18.2. The van der Waals surface area contributed by atoms with Crippen molar-refractivity contribution in [2.45, 2.75) is 65.2 Å². The molecule has 0 aromatic heterocycles. The minimum absolute atomic E-state index is 0.0532. The van der Waals surface area contributed by atoms with Crippen LogP contribution in [-0.2, 0) is 10.8 Å². The van der Waals surface area contributed by atoms with Crippen LogP contribution in [0, 0.1) is 0 Å². The molecule has 2 rings (SSSR count). The van der Waals surface area contributed by atoms with Crippen molar-refractivity contribution in [3.8, 4) is 11.5 Å². The Kier molecular flexibility index (Phi) is 7.22. The standard InChI is InChI=1S/C24H34N2O2/c1-7-23(3,4)18-9-14-22(21(17-18)24(5,6)8-2)28-16-15-27-20-12-10-19(26-25)11-13-20/h9-14,17,25H,7-8,15-16H2,1-6H3/p+1. The number of ether oxygens (including phenoxy) is 2. The van der Waals surface area contributed by atoms with E-state index in [4.69, 9.17) is 15.0 Å². The van der Waals surface area contributed by atoms with E-state index >= 15 is 0 Å². The highest BCUT2D eigenvalue weighted by molar-refractivity contribution is 5.44. The summed E-state index contributed by atoms with van der Waals surface area (Å²) in [6, 6.07) is 14.0. The third kappa shape index (κ3) is 5.34.